The minimum Gasteiger partial charge on any atom is -0.496 e. The fourth-order valence-corrected chi connectivity index (χ4v) is 2.49. The van der Waals surface area contributed by atoms with Crippen LogP contribution in [0.1, 0.15) is 27.4 Å². The van der Waals surface area contributed by atoms with Gasteiger partial charge in [-0.15, -0.1) is 0 Å². The first-order valence-corrected chi connectivity index (χ1v) is 8.08. The Bertz CT molecular complexity index is 821. The summed E-state index contributed by atoms with van der Waals surface area (Å²) in [4.78, 5) is 12.0. The van der Waals surface area contributed by atoms with E-state index < -0.39 is 16.0 Å². The van der Waals surface area contributed by atoms with Crippen LogP contribution in [0.3, 0.4) is 0 Å². The van der Waals surface area contributed by atoms with Crippen LogP contribution in [-0.4, -0.2) is 26.7 Å². The number of carbonyl (C=O) groups excluding carboxylic acids is 1. The SMILES string of the molecule is COc1ccc(S(N)(=O)=O)cc1C(=O)OCc1c(C)noc1C. The average Bonchev–Trinajstić information content (AvgIpc) is 2.82. The molecule has 2 N–H and O–H groups in total. The summed E-state index contributed by atoms with van der Waals surface area (Å²) in [5.41, 5.74) is 1.23. The van der Waals surface area contributed by atoms with E-state index in [0.29, 0.717) is 17.0 Å². The number of primary sulfonamides is 1. The van der Waals surface area contributed by atoms with Gasteiger partial charge in [0.25, 0.3) is 0 Å². The second kappa shape index (κ2) is 6.39. The van der Waals surface area contributed by atoms with Crippen molar-refractivity contribution in [3.05, 3.63) is 40.8 Å². The standard InChI is InChI=1S/C14H16N2O6S/c1-8-12(9(2)22-16-8)7-21-14(17)11-6-10(23(15,18)19)4-5-13(11)20-3/h4-6H,7H2,1-3H3,(H2,15,18,19). The molecule has 0 spiro atoms. The summed E-state index contributed by atoms with van der Waals surface area (Å²) >= 11 is 0. The second-order valence-corrected chi connectivity index (χ2v) is 6.35. The van der Waals surface area contributed by atoms with E-state index in [-0.39, 0.29) is 22.8 Å². The van der Waals surface area contributed by atoms with Crippen LogP contribution in [0.2, 0.25) is 0 Å². The maximum absolute atomic E-state index is 12.2. The number of sulfonamides is 1. The van der Waals surface area contributed by atoms with Crippen LogP contribution in [0.15, 0.2) is 27.6 Å². The zero-order valence-corrected chi connectivity index (χ0v) is 13.6. The summed E-state index contributed by atoms with van der Waals surface area (Å²) in [6.45, 7) is 3.37. The Morgan fingerprint density at radius 3 is 2.57 bits per heavy atom. The van der Waals surface area contributed by atoms with Gasteiger partial charge in [-0.25, -0.2) is 18.4 Å². The maximum Gasteiger partial charge on any atom is 0.342 e. The molecule has 0 fully saturated rings. The number of esters is 1. The van der Waals surface area contributed by atoms with Crippen molar-refractivity contribution >= 4 is 16.0 Å². The third-order valence-corrected chi connectivity index (χ3v) is 4.16. The Labute approximate surface area is 133 Å². The van der Waals surface area contributed by atoms with Crippen molar-refractivity contribution in [1.82, 2.24) is 5.16 Å². The van der Waals surface area contributed by atoms with Gasteiger partial charge in [-0.05, 0) is 32.0 Å². The minimum absolute atomic E-state index is 0.0363. The molecule has 0 aliphatic heterocycles. The lowest BCUT2D eigenvalue weighted by atomic mass is 10.2. The number of ether oxygens (including phenoxy) is 2. The summed E-state index contributed by atoms with van der Waals surface area (Å²) in [6, 6.07) is 3.70. The zero-order valence-electron chi connectivity index (χ0n) is 12.8. The van der Waals surface area contributed by atoms with Gasteiger partial charge < -0.3 is 14.0 Å². The monoisotopic (exact) mass is 340 g/mol. The predicted molar refractivity (Wildman–Crippen MR) is 79.5 cm³/mol. The molecule has 0 saturated carbocycles. The minimum atomic E-state index is -3.94. The van der Waals surface area contributed by atoms with Crippen LogP contribution >= 0.6 is 0 Å². The molecule has 2 aromatic rings. The number of nitrogens with zero attached hydrogens (tertiary/aromatic N) is 1. The average molecular weight is 340 g/mol. The van der Waals surface area contributed by atoms with Crippen LogP contribution in [0.4, 0.5) is 0 Å². The van der Waals surface area contributed by atoms with E-state index in [0.717, 1.165) is 6.07 Å². The van der Waals surface area contributed by atoms with E-state index in [1.54, 1.807) is 13.8 Å². The number of hydrogen-bond acceptors (Lipinski definition) is 7. The molecule has 1 aromatic heterocycles. The predicted octanol–water partition coefficient (Wildman–Crippen LogP) is 1.30. The van der Waals surface area contributed by atoms with E-state index in [2.05, 4.69) is 5.16 Å². The molecular formula is C14H16N2O6S. The number of rotatable bonds is 5. The van der Waals surface area contributed by atoms with Gasteiger partial charge in [0, 0.05) is 0 Å². The first kappa shape index (κ1) is 17.0. The van der Waals surface area contributed by atoms with Gasteiger partial charge in [0.15, 0.2) is 0 Å². The van der Waals surface area contributed by atoms with Gasteiger partial charge in [0.2, 0.25) is 10.0 Å². The summed E-state index contributed by atoms with van der Waals surface area (Å²) < 4.78 is 38.0. The highest BCUT2D eigenvalue weighted by atomic mass is 32.2. The van der Waals surface area contributed by atoms with Gasteiger partial charge in [-0.2, -0.15) is 0 Å². The molecule has 2 rings (SSSR count). The number of hydrogen-bond donors (Lipinski definition) is 1. The van der Waals surface area contributed by atoms with Crippen LogP contribution < -0.4 is 9.88 Å². The number of benzene rings is 1. The highest BCUT2D eigenvalue weighted by Crippen LogP contribution is 2.23. The Morgan fingerprint density at radius 1 is 1.35 bits per heavy atom. The fourth-order valence-electron chi connectivity index (χ4n) is 1.95. The molecule has 8 nitrogen and oxygen atoms in total. The van der Waals surface area contributed by atoms with Gasteiger partial charge in [0.1, 0.15) is 23.7 Å². The quantitative estimate of drug-likeness (QED) is 0.814. The van der Waals surface area contributed by atoms with Crippen molar-refractivity contribution in [2.75, 3.05) is 7.11 Å². The zero-order chi connectivity index (χ0) is 17.2. The first-order valence-electron chi connectivity index (χ1n) is 6.53. The number of aryl methyl sites for hydroxylation is 2. The lowest BCUT2D eigenvalue weighted by Crippen LogP contribution is -2.14. The lowest BCUT2D eigenvalue weighted by Gasteiger charge is -2.10. The normalized spacial score (nSPS) is 11.3. The molecule has 0 unspecified atom stereocenters. The van der Waals surface area contributed by atoms with E-state index in [1.807, 2.05) is 0 Å². The molecule has 1 heterocycles. The highest BCUT2D eigenvalue weighted by Gasteiger charge is 2.20. The Balaban J connectivity index is 2.28. The third-order valence-electron chi connectivity index (χ3n) is 3.25. The summed E-state index contributed by atoms with van der Waals surface area (Å²) in [5.74, 6) is -0.0194. The molecule has 0 bridgehead atoms. The Kier molecular flexibility index (Phi) is 4.71. The largest absolute Gasteiger partial charge is 0.496 e. The van der Waals surface area contributed by atoms with Crippen LogP contribution in [-0.2, 0) is 21.4 Å². The van der Waals surface area contributed by atoms with E-state index >= 15 is 0 Å². The molecule has 1 aromatic carbocycles. The Hall–Kier alpha value is -2.39. The van der Waals surface area contributed by atoms with E-state index in [9.17, 15) is 13.2 Å². The summed E-state index contributed by atoms with van der Waals surface area (Å²) in [7, 11) is -2.59. The maximum atomic E-state index is 12.2. The molecular weight excluding hydrogens is 324 g/mol. The molecule has 0 atom stereocenters. The Morgan fingerprint density at radius 2 is 2.04 bits per heavy atom. The van der Waals surface area contributed by atoms with Crippen molar-refractivity contribution in [2.45, 2.75) is 25.3 Å². The molecule has 0 radical (unpaired) electrons. The van der Waals surface area contributed by atoms with Crippen molar-refractivity contribution in [1.29, 1.82) is 0 Å². The smallest absolute Gasteiger partial charge is 0.342 e. The van der Waals surface area contributed by atoms with Crippen molar-refractivity contribution in [2.24, 2.45) is 5.14 Å². The molecule has 0 aliphatic rings. The molecule has 9 heteroatoms. The van der Waals surface area contributed by atoms with Gasteiger partial charge in [-0.1, -0.05) is 5.16 Å². The van der Waals surface area contributed by atoms with Gasteiger partial charge in [-0.3, -0.25) is 0 Å². The number of nitrogens with two attached hydrogens (primary N) is 1. The second-order valence-electron chi connectivity index (χ2n) is 4.79. The molecule has 0 saturated heterocycles. The van der Waals surface area contributed by atoms with Gasteiger partial charge >= 0.3 is 5.97 Å². The first-order chi connectivity index (χ1) is 10.7. The van der Waals surface area contributed by atoms with E-state index in [4.69, 9.17) is 19.1 Å². The number of aromatic nitrogens is 1. The molecule has 0 aliphatic carbocycles. The van der Waals surface area contributed by atoms with Crippen LogP contribution in [0.5, 0.6) is 5.75 Å². The number of carbonyl (C=O) groups is 1. The van der Waals surface area contributed by atoms with Crippen molar-refractivity contribution < 1.29 is 27.2 Å². The number of methoxy groups -OCH3 is 1. The fraction of sp³-hybridized carbons (Fsp3) is 0.286. The van der Waals surface area contributed by atoms with Crippen LogP contribution in [0.25, 0.3) is 0 Å². The topological polar surface area (TPSA) is 122 Å². The van der Waals surface area contributed by atoms with Crippen molar-refractivity contribution in [3.63, 3.8) is 0 Å². The molecule has 124 valence electrons. The molecule has 0 amide bonds. The summed E-state index contributed by atoms with van der Waals surface area (Å²) in [5, 5.41) is 8.83. The summed E-state index contributed by atoms with van der Waals surface area (Å²) in [6.07, 6.45) is 0. The van der Waals surface area contributed by atoms with Gasteiger partial charge in [0.05, 0.1) is 23.3 Å². The molecule has 23 heavy (non-hydrogen) atoms. The van der Waals surface area contributed by atoms with Crippen molar-refractivity contribution in [3.8, 4) is 5.75 Å². The third kappa shape index (κ3) is 3.69. The highest BCUT2D eigenvalue weighted by molar-refractivity contribution is 7.89. The lowest BCUT2D eigenvalue weighted by molar-refractivity contribution is 0.0467. The van der Waals surface area contributed by atoms with E-state index in [1.165, 1.54) is 19.2 Å². The van der Waals surface area contributed by atoms with Crippen LogP contribution in [0, 0.1) is 13.8 Å².